The molecule has 0 unspecified atom stereocenters. The minimum atomic E-state index is 0.355. The van der Waals surface area contributed by atoms with Crippen LogP contribution < -0.4 is 10.6 Å². The van der Waals surface area contributed by atoms with Gasteiger partial charge in [0.2, 0.25) is 0 Å². The summed E-state index contributed by atoms with van der Waals surface area (Å²) in [4.78, 5) is 2.44. The van der Waals surface area contributed by atoms with Gasteiger partial charge in [0, 0.05) is 19.1 Å². The second-order valence-electron chi connectivity index (χ2n) is 6.09. The van der Waals surface area contributed by atoms with Crippen LogP contribution in [-0.2, 0) is 0 Å². The summed E-state index contributed by atoms with van der Waals surface area (Å²) in [6, 6.07) is 8.84. The van der Waals surface area contributed by atoms with Crippen LogP contribution in [0.15, 0.2) is 24.3 Å². The number of nitrogens with two attached hydrogens (primary N) is 1. The zero-order chi connectivity index (χ0) is 15.0. The zero-order valence-electron chi connectivity index (χ0n) is 13.1. The molecule has 2 heterocycles. The van der Waals surface area contributed by atoms with Crippen molar-refractivity contribution in [3.05, 3.63) is 41.2 Å². The summed E-state index contributed by atoms with van der Waals surface area (Å²) in [6.45, 7) is 8.43. The zero-order valence-corrected chi connectivity index (χ0v) is 13.1. The maximum atomic E-state index is 6.02. The highest BCUT2D eigenvalue weighted by molar-refractivity contribution is 5.57. The third kappa shape index (κ3) is 2.68. The van der Waals surface area contributed by atoms with E-state index in [9.17, 15) is 0 Å². The molecule has 1 aromatic carbocycles. The lowest BCUT2D eigenvalue weighted by Gasteiger charge is -2.32. The van der Waals surface area contributed by atoms with E-state index in [-0.39, 0.29) is 0 Å². The van der Waals surface area contributed by atoms with Gasteiger partial charge >= 0.3 is 0 Å². The van der Waals surface area contributed by atoms with Crippen molar-refractivity contribution in [1.82, 2.24) is 9.78 Å². The maximum Gasteiger partial charge on any atom is 0.0834 e. The molecule has 2 N–H and O–H groups in total. The van der Waals surface area contributed by atoms with Gasteiger partial charge in [0.25, 0.3) is 0 Å². The number of hydrogen-bond donors (Lipinski definition) is 1. The van der Waals surface area contributed by atoms with Crippen LogP contribution in [0.3, 0.4) is 0 Å². The first kappa shape index (κ1) is 14.1. The van der Waals surface area contributed by atoms with E-state index in [1.54, 1.807) is 0 Å². The first-order valence-corrected chi connectivity index (χ1v) is 7.70. The van der Waals surface area contributed by atoms with Crippen molar-refractivity contribution in [2.24, 2.45) is 5.73 Å². The van der Waals surface area contributed by atoms with Crippen molar-refractivity contribution in [3.63, 3.8) is 0 Å². The van der Waals surface area contributed by atoms with Gasteiger partial charge in [-0.05, 0) is 51.3 Å². The van der Waals surface area contributed by atoms with Crippen molar-refractivity contribution in [2.45, 2.75) is 39.7 Å². The van der Waals surface area contributed by atoms with Gasteiger partial charge in [-0.25, -0.2) is 4.68 Å². The Morgan fingerprint density at radius 1 is 1.14 bits per heavy atom. The van der Waals surface area contributed by atoms with Crippen molar-refractivity contribution in [3.8, 4) is 5.69 Å². The Balaban J connectivity index is 1.97. The number of benzene rings is 1. The van der Waals surface area contributed by atoms with E-state index in [4.69, 9.17) is 10.8 Å². The molecule has 4 nitrogen and oxygen atoms in total. The molecule has 0 bridgehead atoms. The molecule has 0 atom stereocenters. The molecule has 0 aliphatic carbocycles. The summed E-state index contributed by atoms with van der Waals surface area (Å²) in [5, 5.41) is 4.76. The average molecular weight is 284 g/mol. The van der Waals surface area contributed by atoms with Gasteiger partial charge in [-0.3, -0.25) is 0 Å². The molecule has 1 aromatic heterocycles. The Morgan fingerprint density at radius 2 is 1.86 bits per heavy atom. The lowest BCUT2D eigenvalue weighted by Crippen LogP contribution is -2.40. The fraction of sp³-hybridized carbons (Fsp3) is 0.471. The van der Waals surface area contributed by atoms with Crippen LogP contribution in [0.2, 0.25) is 0 Å². The monoisotopic (exact) mass is 284 g/mol. The lowest BCUT2D eigenvalue weighted by molar-refractivity contribution is 0.500. The Kier molecular flexibility index (Phi) is 3.72. The average Bonchev–Trinajstić information content (AvgIpc) is 2.75. The van der Waals surface area contributed by atoms with Gasteiger partial charge in [-0.2, -0.15) is 5.10 Å². The molecule has 0 saturated carbocycles. The van der Waals surface area contributed by atoms with Gasteiger partial charge in [0.05, 0.1) is 22.8 Å². The largest absolute Gasteiger partial charge is 0.368 e. The predicted molar refractivity (Wildman–Crippen MR) is 87.2 cm³/mol. The van der Waals surface area contributed by atoms with E-state index in [0.29, 0.717) is 6.04 Å². The fourth-order valence-corrected chi connectivity index (χ4v) is 3.23. The molecular formula is C17H24N4. The number of nitrogens with zero attached hydrogens (tertiary/aromatic N) is 3. The Labute approximate surface area is 126 Å². The summed E-state index contributed by atoms with van der Waals surface area (Å²) in [7, 11) is 0. The van der Waals surface area contributed by atoms with Crippen LogP contribution in [0.25, 0.3) is 5.69 Å². The van der Waals surface area contributed by atoms with E-state index >= 15 is 0 Å². The highest BCUT2D eigenvalue weighted by Crippen LogP contribution is 2.29. The molecule has 21 heavy (non-hydrogen) atoms. The number of aromatic nitrogens is 2. The van der Waals surface area contributed by atoms with Crippen molar-refractivity contribution >= 4 is 5.69 Å². The molecule has 112 valence electrons. The predicted octanol–water partition coefficient (Wildman–Crippen LogP) is 2.73. The standard InChI is InChI=1S/C17H24N4/c1-12-5-4-6-16(11-12)21-14(3)17(13(2)19-21)20-9-7-15(18)8-10-20/h4-6,11,15H,7-10,18H2,1-3H3. The molecule has 0 amide bonds. The molecule has 1 aliphatic rings. The molecule has 0 spiro atoms. The molecule has 1 saturated heterocycles. The topological polar surface area (TPSA) is 47.1 Å². The van der Waals surface area contributed by atoms with Crippen LogP contribution in [0, 0.1) is 20.8 Å². The van der Waals surface area contributed by atoms with Crippen LogP contribution >= 0.6 is 0 Å². The maximum absolute atomic E-state index is 6.02. The SMILES string of the molecule is Cc1cccc(-n2nc(C)c(N3CCC(N)CC3)c2C)c1. The number of rotatable bonds is 2. The molecule has 1 aliphatic heterocycles. The van der Waals surface area contributed by atoms with Gasteiger partial charge < -0.3 is 10.6 Å². The number of piperidine rings is 1. The van der Waals surface area contributed by atoms with Crippen LogP contribution in [0.5, 0.6) is 0 Å². The van der Waals surface area contributed by atoms with E-state index < -0.39 is 0 Å². The van der Waals surface area contributed by atoms with Crippen LogP contribution in [0.1, 0.15) is 29.8 Å². The minimum Gasteiger partial charge on any atom is -0.368 e. The molecular weight excluding hydrogens is 260 g/mol. The lowest BCUT2D eigenvalue weighted by atomic mass is 10.1. The van der Waals surface area contributed by atoms with Crippen molar-refractivity contribution in [2.75, 3.05) is 18.0 Å². The summed E-state index contributed by atoms with van der Waals surface area (Å²) in [5.74, 6) is 0. The number of anilines is 1. The summed E-state index contributed by atoms with van der Waals surface area (Å²) in [5.41, 5.74) is 12.0. The van der Waals surface area contributed by atoms with Gasteiger partial charge in [0.1, 0.15) is 0 Å². The van der Waals surface area contributed by atoms with Crippen molar-refractivity contribution in [1.29, 1.82) is 0 Å². The Bertz CT molecular complexity index is 636. The fourth-order valence-electron chi connectivity index (χ4n) is 3.23. The van der Waals surface area contributed by atoms with Crippen LogP contribution in [-0.4, -0.2) is 28.9 Å². The van der Waals surface area contributed by atoms with Crippen LogP contribution in [0.4, 0.5) is 5.69 Å². The van der Waals surface area contributed by atoms with E-state index in [0.717, 1.165) is 37.3 Å². The second-order valence-corrected chi connectivity index (χ2v) is 6.09. The van der Waals surface area contributed by atoms with Gasteiger partial charge in [0.15, 0.2) is 0 Å². The number of aryl methyl sites for hydroxylation is 2. The summed E-state index contributed by atoms with van der Waals surface area (Å²) >= 11 is 0. The van der Waals surface area contributed by atoms with Crippen molar-refractivity contribution < 1.29 is 0 Å². The molecule has 3 rings (SSSR count). The third-order valence-electron chi connectivity index (χ3n) is 4.36. The highest BCUT2D eigenvalue weighted by Gasteiger charge is 2.22. The number of hydrogen-bond acceptors (Lipinski definition) is 3. The molecule has 4 heteroatoms. The minimum absolute atomic E-state index is 0.355. The second kappa shape index (κ2) is 5.53. The molecule has 1 fully saturated rings. The van der Waals surface area contributed by atoms with E-state index in [1.807, 2.05) is 0 Å². The molecule has 0 radical (unpaired) electrons. The Morgan fingerprint density at radius 3 is 2.52 bits per heavy atom. The third-order valence-corrected chi connectivity index (χ3v) is 4.36. The Hall–Kier alpha value is -1.81. The van der Waals surface area contributed by atoms with E-state index in [1.165, 1.54) is 16.9 Å². The summed E-state index contributed by atoms with van der Waals surface area (Å²) in [6.07, 6.45) is 2.13. The van der Waals surface area contributed by atoms with Gasteiger partial charge in [-0.15, -0.1) is 0 Å². The molecule has 2 aromatic rings. The smallest absolute Gasteiger partial charge is 0.0834 e. The first-order chi connectivity index (χ1) is 10.1. The quantitative estimate of drug-likeness (QED) is 0.922. The first-order valence-electron chi connectivity index (χ1n) is 7.70. The summed E-state index contributed by atoms with van der Waals surface area (Å²) < 4.78 is 2.06. The van der Waals surface area contributed by atoms with E-state index in [2.05, 4.69) is 54.6 Å². The van der Waals surface area contributed by atoms with Gasteiger partial charge in [-0.1, -0.05) is 12.1 Å². The normalized spacial score (nSPS) is 16.5. The highest BCUT2D eigenvalue weighted by atomic mass is 15.3.